The minimum absolute atomic E-state index is 0.0476. The van der Waals surface area contributed by atoms with Gasteiger partial charge in [-0.1, -0.05) is 48.5 Å². The summed E-state index contributed by atoms with van der Waals surface area (Å²) in [7, 11) is 3.06. The molecule has 0 bridgehead atoms. The summed E-state index contributed by atoms with van der Waals surface area (Å²) in [6, 6.07) is 10.1. The van der Waals surface area contributed by atoms with Gasteiger partial charge in [0.2, 0.25) is 5.91 Å². The number of carbonyl (C=O) groups is 3. The lowest BCUT2D eigenvalue weighted by atomic mass is 9.90. The lowest BCUT2D eigenvalue weighted by Gasteiger charge is -2.32. The van der Waals surface area contributed by atoms with Crippen molar-refractivity contribution in [2.75, 3.05) is 64.0 Å². The zero-order valence-corrected chi connectivity index (χ0v) is 22.1. The number of benzene rings is 3. The summed E-state index contributed by atoms with van der Waals surface area (Å²) in [5.74, 6) is -2.68. The van der Waals surface area contributed by atoms with Gasteiger partial charge in [0.25, 0.3) is 5.91 Å². The van der Waals surface area contributed by atoms with Gasteiger partial charge in [-0.2, -0.15) is 0 Å². The van der Waals surface area contributed by atoms with E-state index in [1.807, 2.05) is 11.9 Å². The molecule has 8 nitrogen and oxygen atoms in total. The lowest BCUT2D eigenvalue weighted by Crippen LogP contribution is -2.48. The van der Waals surface area contributed by atoms with E-state index in [9.17, 15) is 14.4 Å². The molecular weight excluding hydrogens is 504 g/mol. The van der Waals surface area contributed by atoms with Gasteiger partial charge in [0.05, 0.1) is 33.0 Å². The van der Waals surface area contributed by atoms with Crippen LogP contribution in [0.1, 0.15) is 39.4 Å². The molecule has 2 aliphatic heterocycles. The second-order valence-corrected chi connectivity index (χ2v) is 9.47. The number of amides is 2. The number of nitrogens with one attached hydrogen (secondary N) is 1. The van der Waals surface area contributed by atoms with Crippen molar-refractivity contribution in [3.05, 3.63) is 95.0 Å². The monoisotopic (exact) mass is 547 g/mol. The molecule has 206 valence electrons. The zero-order chi connectivity index (χ0) is 36.0. The molecule has 3 aromatic rings. The van der Waals surface area contributed by atoms with Crippen LogP contribution in [0.4, 0.5) is 11.4 Å². The summed E-state index contributed by atoms with van der Waals surface area (Å²) in [5, 5.41) is 2.73. The molecule has 8 heteroatoms. The second-order valence-electron chi connectivity index (χ2n) is 9.47. The van der Waals surface area contributed by atoms with Gasteiger partial charge in [-0.25, -0.2) is 4.79 Å². The highest BCUT2D eigenvalue weighted by Crippen LogP contribution is 2.39. The molecule has 0 aromatic heterocycles. The molecular formula is C32H34N4O4. The Hall–Kier alpha value is -4.27. The van der Waals surface area contributed by atoms with Crippen LogP contribution in [0.2, 0.25) is 0 Å². The highest BCUT2D eigenvalue weighted by atomic mass is 16.5. The van der Waals surface area contributed by atoms with Crippen molar-refractivity contribution in [1.82, 2.24) is 9.80 Å². The van der Waals surface area contributed by atoms with Crippen LogP contribution in [-0.2, 0) is 20.7 Å². The maximum absolute atomic E-state index is 13.7. The molecule has 3 aromatic carbocycles. The zero-order valence-electron chi connectivity index (χ0n) is 31.1. The smallest absolute Gasteiger partial charge is 0.337 e. The van der Waals surface area contributed by atoms with E-state index >= 15 is 0 Å². The van der Waals surface area contributed by atoms with Crippen molar-refractivity contribution in [3.63, 3.8) is 0 Å². The van der Waals surface area contributed by atoms with Gasteiger partial charge in [-0.3, -0.25) is 14.5 Å². The van der Waals surface area contributed by atoms with Crippen LogP contribution in [0.3, 0.4) is 0 Å². The fourth-order valence-electron chi connectivity index (χ4n) is 4.61. The molecule has 0 aliphatic carbocycles. The first-order valence-corrected chi connectivity index (χ1v) is 12.7. The van der Waals surface area contributed by atoms with Crippen molar-refractivity contribution in [1.29, 1.82) is 0 Å². The first kappa shape index (κ1) is 18.1. The fourth-order valence-corrected chi connectivity index (χ4v) is 4.61. The van der Waals surface area contributed by atoms with Crippen LogP contribution >= 0.6 is 0 Å². The van der Waals surface area contributed by atoms with Gasteiger partial charge in [0, 0.05) is 54.2 Å². The molecule has 1 N–H and O–H groups in total. The first-order chi connectivity index (χ1) is 23.0. The van der Waals surface area contributed by atoms with Crippen LogP contribution in [0, 0.1) is 0 Å². The Morgan fingerprint density at radius 1 is 1.05 bits per heavy atom. The maximum atomic E-state index is 13.7. The number of fused-ring (bicyclic) bond motifs is 1. The van der Waals surface area contributed by atoms with Crippen LogP contribution in [0.5, 0.6) is 0 Å². The highest BCUT2D eigenvalue weighted by Gasteiger charge is 2.29. The van der Waals surface area contributed by atoms with Gasteiger partial charge in [-0.15, -0.1) is 0 Å². The summed E-state index contributed by atoms with van der Waals surface area (Å²) < 4.78 is 81.9. The molecule has 5 rings (SSSR count). The van der Waals surface area contributed by atoms with E-state index < -0.39 is 61.1 Å². The van der Waals surface area contributed by atoms with Gasteiger partial charge in [0.15, 0.2) is 0 Å². The molecule has 2 amide bonds. The standard InChI is InChI=1S/C32H34N4O4/c1-34-15-17-36(18-16-34)21-29(37)35(2)25-12-9-22(10-13-25)19-27(23-7-5-4-6-8-23)30-26-14-11-24(32(39)40-3)20-28(26)33-31(30)38/h4-14,20H,15-19,21H2,1-3H3,(H,33,38)/b30-27+/i2D3,9D,10D,12D,13D,21D2. The molecule has 40 heavy (non-hydrogen) atoms. The van der Waals surface area contributed by atoms with Gasteiger partial charge < -0.3 is 19.9 Å². The van der Waals surface area contributed by atoms with Crippen molar-refractivity contribution in [3.8, 4) is 0 Å². The van der Waals surface area contributed by atoms with Crippen molar-refractivity contribution in [2.45, 2.75) is 6.42 Å². The topological polar surface area (TPSA) is 82.2 Å². The van der Waals surface area contributed by atoms with Crippen LogP contribution in [0.25, 0.3) is 11.1 Å². The van der Waals surface area contributed by atoms with E-state index in [0.29, 0.717) is 35.5 Å². The second kappa shape index (κ2) is 11.9. The third-order valence-electron chi connectivity index (χ3n) is 6.81. The first-order valence-electron chi connectivity index (χ1n) is 17.2. The Morgan fingerprint density at radius 2 is 1.77 bits per heavy atom. The van der Waals surface area contributed by atoms with E-state index in [1.165, 1.54) is 24.1 Å². The summed E-state index contributed by atoms with van der Waals surface area (Å²) >= 11 is 0. The van der Waals surface area contributed by atoms with Crippen LogP contribution in [0.15, 0.2) is 72.7 Å². The van der Waals surface area contributed by atoms with Crippen molar-refractivity contribution in [2.24, 2.45) is 0 Å². The van der Waals surface area contributed by atoms with E-state index in [2.05, 4.69) is 5.32 Å². The molecule has 0 unspecified atom stereocenters. The number of piperazine rings is 1. The lowest BCUT2D eigenvalue weighted by molar-refractivity contribution is -0.119. The summed E-state index contributed by atoms with van der Waals surface area (Å²) in [4.78, 5) is 42.5. The number of nitrogens with zero attached hydrogens (tertiary/aromatic N) is 3. The fraction of sp³-hybridized carbons (Fsp3) is 0.281. The number of likely N-dealkylation sites (N-methyl/N-ethyl adjacent to an activating group) is 2. The molecule has 2 heterocycles. The molecule has 0 saturated carbocycles. The number of rotatable bonds is 7. The average molecular weight is 548 g/mol. The molecule has 0 radical (unpaired) electrons. The Morgan fingerprint density at radius 3 is 2.45 bits per heavy atom. The van der Waals surface area contributed by atoms with Crippen LogP contribution < -0.4 is 10.2 Å². The predicted octanol–water partition coefficient (Wildman–Crippen LogP) is 3.79. The van der Waals surface area contributed by atoms with Crippen LogP contribution in [-0.4, -0.2) is 81.4 Å². The minimum atomic E-state index is -3.37. The van der Waals surface area contributed by atoms with E-state index in [1.54, 1.807) is 36.4 Å². The number of methoxy groups -OCH3 is 1. The SMILES string of the molecule is [2H]c1c([2H])c(N(C(=O)C([2H])([2H])N2CCN(C)CC2)C([2H])([2H])[2H])c([2H])c([2H])c1C/C(=C1\C(=O)Nc2cc(C(=O)OC)ccc21)c1ccccc1. The number of hydrogen-bond donors (Lipinski definition) is 1. The third-order valence-corrected chi connectivity index (χ3v) is 6.81. The summed E-state index contributed by atoms with van der Waals surface area (Å²) in [6.45, 7) is -5.12. The Balaban J connectivity index is 1.64. The third kappa shape index (κ3) is 5.83. The Kier molecular flexibility index (Phi) is 5.38. The number of ether oxygens (including phenoxy) is 1. The molecule has 2 aliphatic rings. The van der Waals surface area contributed by atoms with Crippen molar-refractivity contribution >= 4 is 40.3 Å². The normalized spacial score (nSPS) is 20.6. The number of hydrogen-bond acceptors (Lipinski definition) is 6. The maximum Gasteiger partial charge on any atom is 0.337 e. The largest absolute Gasteiger partial charge is 0.465 e. The van der Waals surface area contributed by atoms with E-state index in [-0.39, 0.29) is 41.1 Å². The number of anilines is 2. The summed E-state index contributed by atoms with van der Waals surface area (Å²) in [5.41, 5.74) is 0.904. The molecule has 1 fully saturated rings. The molecule has 0 spiro atoms. The van der Waals surface area contributed by atoms with E-state index in [4.69, 9.17) is 17.1 Å². The predicted molar refractivity (Wildman–Crippen MR) is 157 cm³/mol. The number of allylic oxidation sites excluding steroid dienone is 1. The highest BCUT2D eigenvalue weighted by molar-refractivity contribution is 6.37. The quantitative estimate of drug-likeness (QED) is 0.358. The minimum Gasteiger partial charge on any atom is -0.465 e. The number of esters is 1. The average Bonchev–Trinajstić information content (AvgIpc) is 3.39. The van der Waals surface area contributed by atoms with Gasteiger partial charge in [0.1, 0.15) is 0 Å². The van der Waals surface area contributed by atoms with Crippen molar-refractivity contribution < 1.29 is 31.5 Å². The van der Waals surface area contributed by atoms with Gasteiger partial charge >= 0.3 is 5.97 Å². The summed E-state index contributed by atoms with van der Waals surface area (Å²) in [6.07, 6.45) is -0.315. The van der Waals surface area contributed by atoms with Gasteiger partial charge in [-0.05, 0) is 54.4 Å². The Bertz CT molecular complexity index is 1830. The Labute approximate surface area is 247 Å². The number of carbonyl (C=O) groups excluding carboxylic acids is 3. The van der Waals surface area contributed by atoms with E-state index in [0.717, 1.165) is 0 Å². The molecule has 1 saturated heterocycles. The molecule has 0 atom stereocenters.